The van der Waals surface area contributed by atoms with Gasteiger partial charge in [-0.1, -0.05) is 224 Å². The number of rotatable bonds is 7. The number of hydrogen-bond donors (Lipinski definition) is 0. The molecule has 8 heteroatoms. The number of hydrogen-bond acceptors (Lipinski definition) is 2. The normalized spacial score (nSPS) is 12.3. The summed E-state index contributed by atoms with van der Waals surface area (Å²) in [6.45, 7) is 0. The minimum absolute atomic E-state index is 0.611. The molecule has 0 aliphatic rings. The van der Waals surface area contributed by atoms with E-state index in [2.05, 4.69) is 343 Å². The first-order valence-electron chi connectivity index (χ1n) is 32.2. The van der Waals surface area contributed by atoms with E-state index in [-0.39, 0.29) is 0 Å². The molecule has 0 amide bonds. The number of nitrogens with zero attached hydrogens (tertiary/aromatic N) is 8. The van der Waals surface area contributed by atoms with Crippen LogP contribution in [0.15, 0.2) is 315 Å². The van der Waals surface area contributed by atoms with Crippen molar-refractivity contribution < 1.29 is 0 Å². The van der Waals surface area contributed by atoms with Crippen LogP contribution in [0.3, 0.4) is 0 Å². The van der Waals surface area contributed by atoms with Crippen LogP contribution in [0, 0.1) is 0 Å². The molecule has 0 bridgehead atoms. The van der Waals surface area contributed by atoms with Gasteiger partial charge in [0.25, 0.3) is 0 Å². The highest BCUT2D eigenvalue weighted by atomic mass is 15.2. The van der Waals surface area contributed by atoms with Crippen LogP contribution in [0.5, 0.6) is 0 Å². The second-order valence-electron chi connectivity index (χ2n) is 24.7. The molecule has 0 unspecified atom stereocenters. The van der Waals surface area contributed by atoms with Crippen molar-refractivity contribution >= 4 is 142 Å². The molecule has 0 aliphatic carbocycles. The van der Waals surface area contributed by atoms with Gasteiger partial charge in [-0.05, 0) is 95.7 Å². The maximum Gasteiger partial charge on any atom is 0.164 e. The second-order valence-corrected chi connectivity index (χ2v) is 24.7. The van der Waals surface area contributed by atoms with Crippen LogP contribution in [-0.2, 0) is 0 Å². The first-order valence-corrected chi connectivity index (χ1v) is 32.2. The zero-order chi connectivity index (χ0) is 61.3. The fraction of sp³-hybridized carbons (Fsp3) is 0. The van der Waals surface area contributed by atoms with Gasteiger partial charge in [-0.15, -0.1) is 0 Å². The third kappa shape index (κ3) is 6.84. The molecule has 0 saturated heterocycles. The molecule has 0 saturated carbocycles. The lowest BCUT2D eigenvalue weighted by molar-refractivity contribution is 0.994. The van der Waals surface area contributed by atoms with E-state index in [0.717, 1.165) is 138 Å². The Morgan fingerprint density at radius 2 is 0.447 bits per heavy atom. The highest BCUT2D eigenvalue weighted by molar-refractivity contribution is 6.42. The van der Waals surface area contributed by atoms with Crippen LogP contribution in [0.1, 0.15) is 0 Å². The Labute approximate surface area is 537 Å². The van der Waals surface area contributed by atoms with E-state index in [9.17, 15) is 0 Å². The topological polar surface area (TPSA) is 55.4 Å². The first kappa shape index (κ1) is 51.0. The molecule has 0 spiro atoms. The van der Waals surface area contributed by atoms with Crippen molar-refractivity contribution in [3.05, 3.63) is 315 Å². The first-order chi connectivity index (χ1) is 46.7. The summed E-state index contributed by atoms with van der Waals surface area (Å²) < 4.78 is 15.0. The Morgan fingerprint density at radius 1 is 0.191 bits per heavy atom. The lowest BCUT2D eigenvalue weighted by Gasteiger charge is -2.17. The van der Waals surface area contributed by atoms with Gasteiger partial charge in [0.15, 0.2) is 5.82 Å². The van der Waals surface area contributed by atoms with Gasteiger partial charge in [0.2, 0.25) is 0 Å². The van der Waals surface area contributed by atoms with Crippen molar-refractivity contribution in [2.75, 3.05) is 0 Å². The van der Waals surface area contributed by atoms with Gasteiger partial charge in [0.1, 0.15) is 11.6 Å². The van der Waals surface area contributed by atoms with Gasteiger partial charge in [-0.2, -0.15) is 0 Å². The molecular weight excluding hydrogens is 1150 g/mol. The van der Waals surface area contributed by atoms with E-state index in [4.69, 9.17) is 9.97 Å². The van der Waals surface area contributed by atoms with Crippen LogP contribution in [-0.4, -0.2) is 37.4 Å². The molecule has 7 heterocycles. The minimum Gasteiger partial charge on any atom is -0.309 e. The number of fused-ring (bicyclic) bond motifs is 25. The van der Waals surface area contributed by atoms with E-state index < -0.39 is 0 Å². The van der Waals surface area contributed by atoms with Gasteiger partial charge in [-0.25, -0.2) is 9.97 Å². The van der Waals surface area contributed by atoms with Gasteiger partial charge in [0.05, 0.1) is 66.2 Å². The predicted molar refractivity (Wildman–Crippen MR) is 391 cm³/mol. The Hall–Kier alpha value is -12.8. The third-order valence-corrected chi connectivity index (χ3v) is 19.9. The number of aromatic nitrogens is 8. The molecule has 0 radical (unpaired) electrons. The van der Waals surface area contributed by atoms with Crippen molar-refractivity contribution in [2.24, 2.45) is 0 Å². The molecule has 21 rings (SSSR count). The molecule has 0 fully saturated rings. The predicted octanol–water partition coefficient (Wildman–Crippen LogP) is 21.9. The van der Waals surface area contributed by atoms with E-state index in [1.54, 1.807) is 0 Å². The summed E-state index contributed by atoms with van der Waals surface area (Å²) in [7, 11) is 0. The third-order valence-electron chi connectivity index (χ3n) is 19.9. The highest BCUT2D eigenvalue weighted by Gasteiger charge is 2.33. The fourth-order valence-corrected chi connectivity index (χ4v) is 16.4. The summed E-state index contributed by atoms with van der Waals surface area (Å²) in [5, 5.41) is 16.2. The molecule has 0 atom stereocenters. The fourth-order valence-electron chi connectivity index (χ4n) is 16.4. The zero-order valence-electron chi connectivity index (χ0n) is 50.6. The molecule has 8 nitrogen and oxygen atoms in total. The highest BCUT2D eigenvalue weighted by Crippen LogP contribution is 2.53. The standard InChI is InChI=1S/C86H52N8/c1-5-30-54(31-6-1)89-66-46-21-15-39-60(66)74-76-62-41-17-23-48-68(62)91(56-34-9-3-10-35-56)82(76)84-78(80(74)89)64-43-19-25-50-70(64)93(84)72-52-73(88-86(87-72)59-45-27-29-53-28-13-14-38-58(53)59)94-71-51-26-20-44-65(71)79-81-75(61-40-16-22-47-67(61)90(81)55-32-7-2-8-33-55)77-63-42-18-24-49-69(63)92(83(77)85(79)94)57-36-11-4-12-37-57/h1-52H. The van der Waals surface area contributed by atoms with E-state index in [1.165, 1.54) is 43.1 Å². The Kier molecular flexibility index (Phi) is 10.5. The maximum absolute atomic E-state index is 6.04. The quantitative estimate of drug-likeness (QED) is 0.160. The Morgan fingerprint density at radius 3 is 0.809 bits per heavy atom. The van der Waals surface area contributed by atoms with Crippen molar-refractivity contribution in [1.82, 2.24) is 37.4 Å². The summed E-state index contributed by atoms with van der Waals surface area (Å²) in [5.74, 6) is 2.08. The van der Waals surface area contributed by atoms with E-state index >= 15 is 0 Å². The number of para-hydroxylation sites is 10. The molecule has 21 aromatic rings. The van der Waals surface area contributed by atoms with E-state index in [0.29, 0.717) is 5.82 Å². The lowest BCUT2D eigenvalue weighted by atomic mass is 10.0. The molecule has 94 heavy (non-hydrogen) atoms. The molecule has 14 aromatic carbocycles. The summed E-state index contributed by atoms with van der Waals surface area (Å²) in [6.07, 6.45) is 0. The average Bonchev–Trinajstić information content (AvgIpc) is 1.51. The molecule has 436 valence electrons. The van der Waals surface area contributed by atoms with Crippen molar-refractivity contribution in [3.8, 4) is 45.8 Å². The lowest BCUT2D eigenvalue weighted by Crippen LogP contribution is -2.08. The van der Waals surface area contributed by atoms with Gasteiger partial charge in [0, 0.05) is 99.0 Å². The maximum atomic E-state index is 6.04. The summed E-state index contributed by atoms with van der Waals surface area (Å²) >= 11 is 0. The molecular formula is C86H52N8. The van der Waals surface area contributed by atoms with Crippen LogP contribution < -0.4 is 0 Å². The Balaban J connectivity index is 1.02. The summed E-state index contributed by atoms with van der Waals surface area (Å²) in [5.41, 5.74) is 18.4. The summed E-state index contributed by atoms with van der Waals surface area (Å²) in [4.78, 5) is 12.1. The van der Waals surface area contributed by atoms with Crippen LogP contribution in [0.2, 0.25) is 0 Å². The van der Waals surface area contributed by atoms with Gasteiger partial charge < -0.3 is 18.3 Å². The van der Waals surface area contributed by atoms with Crippen LogP contribution in [0.4, 0.5) is 0 Å². The second kappa shape index (κ2) is 19.4. The van der Waals surface area contributed by atoms with Gasteiger partial charge >= 0.3 is 0 Å². The van der Waals surface area contributed by atoms with Crippen molar-refractivity contribution in [2.45, 2.75) is 0 Å². The van der Waals surface area contributed by atoms with Crippen LogP contribution in [0.25, 0.3) is 187 Å². The van der Waals surface area contributed by atoms with Crippen LogP contribution >= 0.6 is 0 Å². The summed E-state index contributed by atoms with van der Waals surface area (Å²) in [6, 6.07) is 115. The Bertz CT molecular complexity index is 6390. The number of benzene rings is 14. The van der Waals surface area contributed by atoms with Crippen molar-refractivity contribution in [1.29, 1.82) is 0 Å². The monoisotopic (exact) mass is 1200 g/mol. The minimum atomic E-state index is 0.611. The average molecular weight is 1200 g/mol. The van der Waals surface area contributed by atoms with Crippen molar-refractivity contribution in [3.63, 3.8) is 0 Å². The zero-order valence-corrected chi connectivity index (χ0v) is 50.6. The smallest absolute Gasteiger partial charge is 0.164 e. The SMILES string of the molecule is c1ccc(-n2c3ccccc3c3c4c5ccccc5n(-c5ccccc5)c4c4c(c5ccccc5n4-c4cc(-n5c6ccccc6c6c7c(c8ccccc8n7-c7ccccc7)c7c8ccccc8n(-c8ccccc8)c7c65)nc(-c5cccc6ccccc56)n4)c32)cc1. The largest absolute Gasteiger partial charge is 0.309 e. The van der Waals surface area contributed by atoms with E-state index in [1.807, 2.05) is 0 Å². The molecule has 0 aliphatic heterocycles. The van der Waals surface area contributed by atoms with Gasteiger partial charge in [-0.3, -0.25) is 9.13 Å². The molecule has 0 N–H and O–H groups in total. The molecule has 7 aromatic heterocycles.